The third-order valence-electron chi connectivity index (χ3n) is 2.92. The van der Waals surface area contributed by atoms with E-state index in [4.69, 9.17) is 23.8 Å². The Morgan fingerprint density at radius 2 is 2.04 bits per heavy atom. The van der Waals surface area contributed by atoms with E-state index in [1.807, 2.05) is 27.7 Å². The molecule has 0 aliphatic rings. The number of anilines is 1. The largest absolute Gasteiger partial charge is 0.350 e. The Morgan fingerprint density at radius 1 is 1.42 bits per heavy atom. The number of benzene rings is 1. The quantitative estimate of drug-likeness (QED) is 0.469. The van der Waals surface area contributed by atoms with Crippen LogP contribution in [0.25, 0.3) is 0 Å². The van der Waals surface area contributed by atoms with Crippen LogP contribution in [0, 0.1) is 10.1 Å². The molecule has 1 rings (SSSR count). The van der Waals surface area contributed by atoms with Gasteiger partial charge in [0.1, 0.15) is 0 Å². The predicted octanol–water partition coefficient (Wildman–Crippen LogP) is 3.18. The third-order valence-corrected chi connectivity index (χ3v) is 3.61. The average Bonchev–Trinajstić information content (AvgIpc) is 2.44. The van der Waals surface area contributed by atoms with Gasteiger partial charge >= 0.3 is 0 Å². The lowest BCUT2D eigenvalue weighted by Crippen LogP contribution is -2.48. The fraction of sp³-hybridized carbons (Fsp3) is 0.467. The molecule has 0 unspecified atom stereocenters. The maximum absolute atomic E-state index is 12.0. The SMILES string of the molecule is CCN(CC(=O)NC(C)(C)C)C(=S)Nc1cc([N+](=O)[O-])ccc1Cl. The van der Waals surface area contributed by atoms with Gasteiger partial charge in [0.25, 0.3) is 5.69 Å². The van der Waals surface area contributed by atoms with E-state index in [0.29, 0.717) is 17.3 Å². The first-order chi connectivity index (χ1) is 11.0. The summed E-state index contributed by atoms with van der Waals surface area (Å²) in [5, 5.41) is 17.1. The molecule has 0 radical (unpaired) electrons. The molecule has 0 saturated heterocycles. The number of hydrogen-bond acceptors (Lipinski definition) is 4. The van der Waals surface area contributed by atoms with Crippen LogP contribution in [0.5, 0.6) is 0 Å². The number of nitro groups is 1. The van der Waals surface area contributed by atoms with Crippen molar-refractivity contribution in [1.29, 1.82) is 0 Å². The predicted molar refractivity (Wildman–Crippen MR) is 99.5 cm³/mol. The topological polar surface area (TPSA) is 87.5 Å². The van der Waals surface area contributed by atoms with Crippen molar-refractivity contribution in [2.24, 2.45) is 0 Å². The second-order valence-electron chi connectivity index (χ2n) is 6.16. The minimum Gasteiger partial charge on any atom is -0.350 e. The van der Waals surface area contributed by atoms with Crippen LogP contribution in [0.1, 0.15) is 27.7 Å². The van der Waals surface area contributed by atoms with Crippen molar-refractivity contribution in [3.05, 3.63) is 33.3 Å². The second-order valence-corrected chi connectivity index (χ2v) is 6.96. The molecule has 0 aromatic heterocycles. The van der Waals surface area contributed by atoms with Crippen molar-refractivity contribution in [3.8, 4) is 0 Å². The third kappa shape index (κ3) is 6.29. The number of amides is 1. The first-order valence-corrected chi connectivity index (χ1v) is 8.13. The number of carbonyl (C=O) groups is 1. The number of non-ortho nitro benzene ring substituents is 1. The highest BCUT2D eigenvalue weighted by Crippen LogP contribution is 2.26. The molecule has 0 bridgehead atoms. The molecular weight excluding hydrogens is 352 g/mol. The Hall–Kier alpha value is -1.93. The summed E-state index contributed by atoms with van der Waals surface area (Å²) in [7, 11) is 0. The second kappa shape index (κ2) is 8.25. The molecule has 1 aromatic carbocycles. The molecule has 0 saturated carbocycles. The van der Waals surface area contributed by atoms with Crippen LogP contribution in [0.4, 0.5) is 11.4 Å². The number of nitro benzene ring substituents is 1. The number of nitrogens with one attached hydrogen (secondary N) is 2. The van der Waals surface area contributed by atoms with E-state index in [1.165, 1.54) is 18.2 Å². The first kappa shape index (κ1) is 20.1. The number of hydrogen-bond donors (Lipinski definition) is 2. The molecule has 0 fully saturated rings. The van der Waals surface area contributed by atoms with Crippen molar-refractivity contribution in [2.75, 3.05) is 18.4 Å². The zero-order valence-corrected chi connectivity index (χ0v) is 15.6. The van der Waals surface area contributed by atoms with Crippen LogP contribution >= 0.6 is 23.8 Å². The summed E-state index contributed by atoms with van der Waals surface area (Å²) in [6.07, 6.45) is 0. The monoisotopic (exact) mass is 372 g/mol. The lowest BCUT2D eigenvalue weighted by atomic mass is 10.1. The molecule has 1 aromatic rings. The standard InChI is InChI=1S/C15H21ClN4O3S/c1-5-19(9-13(21)18-15(2,3)4)14(24)17-12-8-10(20(22)23)6-7-11(12)16/h6-8H,5,9H2,1-4H3,(H,17,24)(H,18,21). The zero-order chi connectivity index (χ0) is 18.5. The van der Waals surface area contributed by atoms with Crippen LogP contribution in [0.15, 0.2) is 18.2 Å². The van der Waals surface area contributed by atoms with E-state index >= 15 is 0 Å². The fourth-order valence-electron chi connectivity index (χ4n) is 1.88. The van der Waals surface area contributed by atoms with Crippen LogP contribution in [0.2, 0.25) is 5.02 Å². The Kier molecular flexibility index (Phi) is 6.92. The molecule has 24 heavy (non-hydrogen) atoms. The smallest absolute Gasteiger partial charge is 0.271 e. The summed E-state index contributed by atoms with van der Waals surface area (Å²) in [6.45, 7) is 8.09. The fourth-order valence-corrected chi connectivity index (χ4v) is 2.34. The number of nitrogens with zero attached hydrogens (tertiary/aromatic N) is 2. The summed E-state index contributed by atoms with van der Waals surface area (Å²) in [6, 6.07) is 4.04. The van der Waals surface area contributed by atoms with Gasteiger partial charge in [-0.25, -0.2) is 0 Å². The molecule has 0 aliphatic carbocycles. The maximum atomic E-state index is 12.0. The molecule has 7 nitrogen and oxygen atoms in total. The molecule has 0 aliphatic heterocycles. The Labute approximate surface area is 151 Å². The number of rotatable bonds is 5. The van der Waals surface area contributed by atoms with Crippen LogP contribution in [-0.2, 0) is 4.79 Å². The highest BCUT2D eigenvalue weighted by Gasteiger charge is 2.19. The summed E-state index contributed by atoms with van der Waals surface area (Å²) < 4.78 is 0. The first-order valence-electron chi connectivity index (χ1n) is 7.34. The van der Waals surface area contributed by atoms with E-state index < -0.39 is 4.92 Å². The molecular formula is C15H21ClN4O3S. The van der Waals surface area contributed by atoms with Crippen molar-refractivity contribution in [1.82, 2.24) is 10.2 Å². The van der Waals surface area contributed by atoms with Crippen LogP contribution in [-0.4, -0.2) is 39.5 Å². The number of thiocarbonyl (C=S) groups is 1. The van der Waals surface area contributed by atoms with Gasteiger partial charge in [0.2, 0.25) is 5.91 Å². The lowest BCUT2D eigenvalue weighted by Gasteiger charge is -2.27. The summed E-state index contributed by atoms with van der Waals surface area (Å²) in [5.74, 6) is -0.168. The Bertz CT molecular complexity index is 646. The molecule has 9 heteroatoms. The van der Waals surface area contributed by atoms with E-state index in [0.717, 1.165) is 0 Å². The molecule has 0 spiro atoms. The number of carbonyl (C=O) groups excluding carboxylic acids is 1. The highest BCUT2D eigenvalue weighted by atomic mass is 35.5. The normalized spacial score (nSPS) is 10.9. The summed E-state index contributed by atoms with van der Waals surface area (Å²) in [5.41, 5.74) is -0.113. The van der Waals surface area contributed by atoms with E-state index in [9.17, 15) is 14.9 Å². The van der Waals surface area contributed by atoms with Gasteiger partial charge in [0, 0.05) is 24.2 Å². The van der Waals surface area contributed by atoms with E-state index in [2.05, 4.69) is 10.6 Å². The number of likely N-dealkylation sites (N-methyl/N-ethyl adjacent to an activating group) is 1. The van der Waals surface area contributed by atoms with E-state index in [1.54, 1.807) is 4.90 Å². The molecule has 2 N–H and O–H groups in total. The molecule has 1 amide bonds. The van der Waals surface area contributed by atoms with Crippen LogP contribution < -0.4 is 10.6 Å². The van der Waals surface area contributed by atoms with E-state index in [-0.39, 0.29) is 28.8 Å². The Morgan fingerprint density at radius 3 is 2.54 bits per heavy atom. The van der Waals surface area contributed by atoms with Crippen molar-refractivity contribution in [2.45, 2.75) is 33.2 Å². The highest BCUT2D eigenvalue weighted by molar-refractivity contribution is 7.80. The van der Waals surface area contributed by atoms with Gasteiger partial charge in [-0.3, -0.25) is 14.9 Å². The summed E-state index contributed by atoms with van der Waals surface area (Å²) in [4.78, 5) is 24.0. The maximum Gasteiger partial charge on any atom is 0.271 e. The minimum absolute atomic E-state index is 0.0755. The minimum atomic E-state index is -0.515. The van der Waals surface area contributed by atoms with Crippen molar-refractivity contribution >= 4 is 46.2 Å². The van der Waals surface area contributed by atoms with Crippen molar-refractivity contribution < 1.29 is 9.72 Å². The molecule has 132 valence electrons. The van der Waals surface area contributed by atoms with Gasteiger partial charge < -0.3 is 15.5 Å². The van der Waals surface area contributed by atoms with Crippen LogP contribution in [0.3, 0.4) is 0 Å². The summed E-state index contributed by atoms with van der Waals surface area (Å²) >= 11 is 11.3. The number of halogens is 1. The van der Waals surface area contributed by atoms with Gasteiger partial charge in [0.15, 0.2) is 5.11 Å². The van der Waals surface area contributed by atoms with Gasteiger partial charge in [0.05, 0.1) is 22.2 Å². The van der Waals surface area contributed by atoms with Gasteiger partial charge in [-0.1, -0.05) is 11.6 Å². The Balaban J connectivity index is 2.83. The lowest BCUT2D eigenvalue weighted by molar-refractivity contribution is -0.384. The van der Waals surface area contributed by atoms with Crippen molar-refractivity contribution in [3.63, 3.8) is 0 Å². The zero-order valence-electron chi connectivity index (χ0n) is 14.1. The molecule has 0 atom stereocenters. The average molecular weight is 373 g/mol. The van der Waals surface area contributed by atoms with Gasteiger partial charge in [-0.05, 0) is 46.0 Å². The van der Waals surface area contributed by atoms with Gasteiger partial charge in [-0.2, -0.15) is 0 Å². The molecule has 0 heterocycles. The van der Waals surface area contributed by atoms with Gasteiger partial charge in [-0.15, -0.1) is 0 Å².